The summed E-state index contributed by atoms with van der Waals surface area (Å²) >= 11 is 0. The van der Waals surface area contributed by atoms with Crippen LogP contribution in [0.4, 0.5) is 11.6 Å². The lowest BCUT2D eigenvalue weighted by Gasteiger charge is -2.22. The highest BCUT2D eigenvalue weighted by Crippen LogP contribution is 2.19. The van der Waals surface area contributed by atoms with E-state index >= 15 is 0 Å². The fourth-order valence-corrected chi connectivity index (χ4v) is 2.51. The minimum atomic E-state index is 0.656. The Hall–Kier alpha value is -1.82. The van der Waals surface area contributed by atoms with Crippen LogP contribution in [0, 0.1) is 5.92 Å². The van der Waals surface area contributed by atoms with E-state index in [9.17, 15) is 0 Å². The van der Waals surface area contributed by atoms with E-state index in [0.717, 1.165) is 56.4 Å². The molecule has 0 bridgehead atoms. The molecule has 20 heavy (non-hydrogen) atoms. The van der Waals surface area contributed by atoms with Crippen LogP contribution in [0.1, 0.15) is 19.8 Å². The van der Waals surface area contributed by atoms with Gasteiger partial charge in [-0.1, -0.05) is 0 Å². The number of aromatic nitrogens is 3. The highest BCUT2D eigenvalue weighted by Gasteiger charge is 2.15. The van der Waals surface area contributed by atoms with Crippen molar-refractivity contribution in [3.8, 4) is 0 Å². The van der Waals surface area contributed by atoms with Crippen LogP contribution < -0.4 is 10.6 Å². The van der Waals surface area contributed by atoms with E-state index in [1.807, 2.05) is 16.8 Å². The number of hydrogen-bond acceptors (Lipinski definition) is 5. The van der Waals surface area contributed by atoms with Gasteiger partial charge in [0, 0.05) is 38.7 Å². The fraction of sp³-hybridized carbons (Fsp3) is 0.571. The second-order valence-corrected chi connectivity index (χ2v) is 5.10. The standard InChI is InChI=1S/C14H21N5O/c1-2-15-12-10-19-6-5-16-14(19)13(18-12)17-9-11-3-7-20-8-4-11/h5-6,10-11,15H,2-4,7-9H2,1H3,(H,17,18). The van der Waals surface area contributed by atoms with Crippen molar-refractivity contribution >= 4 is 17.3 Å². The summed E-state index contributed by atoms with van der Waals surface area (Å²) in [6.45, 7) is 5.59. The van der Waals surface area contributed by atoms with Gasteiger partial charge in [0.15, 0.2) is 11.5 Å². The van der Waals surface area contributed by atoms with E-state index in [-0.39, 0.29) is 0 Å². The molecule has 0 radical (unpaired) electrons. The molecule has 0 saturated carbocycles. The number of fused-ring (bicyclic) bond motifs is 1. The Morgan fingerprint density at radius 3 is 3.00 bits per heavy atom. The molecule has 1 fully saturated rings. The zero-order valence-corrected chi connectivity index (χ0v) is 11.8. The van der Waals surface area contributed by atoms with E-state index in [4.69, 9.17) is 4.74 Å². The van der Waals surface area contributed by atoms with E-state index in [2.05, 4.69) is 27.5 Å². The first-order valence-electron chi connectivity index (χ1n) is 7.26. The highest BCUT2D eigenvalue weighted by molar-refractivity contribution is 5.65. The first kappa shape index (κ1) is 13.2. The first-order valence-corrected chi connectivity index (χ1v) is 7.26. The van der Waals surface area contributed by atoms with Gasteiger partial charge in [0.1, 0.15) is 5.82 Å². The molecule has 0 amide bonds. The van der Waals surface area contributed by atoms with Crippen molar-refractivity contribution in [3.63, 3.8) is 0 Å². The molecule has 0 aliphatic carbocycles. The van der Waals surface area contributed by atoms with E-state index in [0.29, 0.717) is 5.92 Å². The third kappa shape index (κ3) is 2.85. The van der Waals surface area contributed by atoms with Crippen LogP contribution in [0.5, 0.6) is 0 Å². The molecule has 1 aliphatic heterocycles. The molecule has 0 aromatic carbocycles. The largest absolute Gasteiger partial charge is 0.381 e. The van der Waals surface area contributed by atoms with Crippen molar-refractivity contribution < 1.29 is 4.74 Å². The maximum absolute atomic E-state index is 5.39. The minimum Gasteiger partial charge on any atom is -0.381 e. The fourth-order valence-electron chi connectivity index (χ4n) is 2.51. The molecule has 1 aliphatic rings. The Kier molecular flexibility index (Phi) is 4.01. The van der Waals surface area contributed by atoms with E-state index < -0.39 is 0 Å². The van der Waals surface area contributed by atoms with Crippen molar-refractivity contribution in [1.29, 1.82) is 0 Å². The summed E-state index contributed by atoms with van der Waals surface area (Å²) in [5.74, 6) is 2.37. The zero-order chi connectivity index (χ0) is 13.8. The summed E-state index contributed by atoms with van der Waals surface area (Å²) in [5.41, 5.74) is 0.874. The van der Waals surface area contributed by atoms with Gasteiger partial charge in [-0.2, -0.15) is 0 Å². The topological polar surface area (TPSA) is 63.5 Å². The molecule has 2 aromatic rings. The molecule has 0 unspecified atom stereocenters. The average Bonchev–Trinajstić information content (AvgIpc) is 2.95. The van der Waals surface area contributed by atoms with Crippen LogP contribution in [-0.4, -0.2) is 40.7 Å². The van der Waals surface area contributed by atoms with Gasteiger partial charge >= 0.3 is 0 Å². The Morgan fingerprint density at radius 2 is 2.20 bits per heavy atom. The SMILES string of the molecule is CCNc1cn2ccnc2c(NCC2CCOCC2)n1. The summed E-state index contributed by atoms with van der Waals surface area (Å²) in [5, 5.41) is 6.70. The summed E-state index contributed by atoms with van der Waals surface area (Å²) in [4.78, 5) is 8.98. The molecule has 6 nitrogen and oxygen atoms in total. The second kappa shape index (κ2) is 6.09. The predicted octanol–water partition coefficient (Wildman–Crippen LogP) is 2.00. The normalized spacial score (nSPS) is 16.4. The maximum Gasteiger partial charge on any atom is 0.180 e. The Balaban J connectivity index is 1.76. The first-order chi connectivity index (χ1) is 9.86. The van der Waals surface area contributed by atoms with Crippen LogP contribution in [0.15, 0.2) is 18.6 Å². The Morgan fingerprint density at radius 1 is 1.35 bits per heavy atom. The summed E-state index contributed by atoms with van der Waals surface area (Å²) in [6.07, 6.45) is 7.94. The monoisotopic (exact) mass is 275 g/mol. The van der Waals surface area contributed by atoms with Crippen LogP contribution in [0.2, 0.25) is 0 Å². The molecule has 3 rings (SSSR count). The quantitative estimate of drug-likeness (QED) is 0.874. The summed E-state index contributed by atoms with van der Waals surface area (Å²) < 4.78 is 7.39. The minimum absolute atomic E-state index is 0.656. The van der Waals surface area contributed by atoms with Crippen molar-refractivity contribution in [2.75, 3.05) is 36.9 Å². The molecule has 0 atom stereocenters. The number of rotatable bonds is 5. The number of nitrogens with one attached hydrogen (secondary N) is 2. The van der Waals surface area contributed by atoms with Crippen molar-refractivity contribution in [2.45, 2.75) is 19.8 Å². The van der Waals surface area contributed by atoms with Gasteiger partial charge < -0.3 is 19.8 Å². The van der Waals surface area contributed by atoms with Gasteiger partial charge in [-0.3, -0.25) is 0 Å². The third-order valence-electron chi connectivity index (χ3n) is 3.63. The number of anilines is 2. The summed E-state index contributed by atoms with van der Waals surface area (Å²) in [6, 6.07) is 0. The molecule has 0 spiro atoms. The number of imidazole rings is 1. The van der Waals surface area contributed by atoms with Gasteiger partial charge in [-0.05, 0) is 25.7 Å². The molecule has 6 heteroatoms. The summed E-state index contributed by atoms with van der Waals surface area (Å²) in [7, 11) is 0. The van der Waals surface area contributed by atoms with Crippen LogP contribution >= 0.6 is 0 Å². The van der Waals surface area contributed by atoms with Crippen molar-refractivity contribution in [2.24, 2.45) is 5.92 Å². The molecule has 2 aromatic heterocycles. The Bertz CT molecular complexity index is 562. The number of hydrogen-bond donors (Lipinski definition) is 2. The molecule has 2 N–H and O–H groups in total. The molecule has 3 heterocycles. The molecule has 108 valence electrons. The van der Waals surface area contributed by atoms with Crippen LogP contribution in [0.3, 0.4) is 0 Å². The number of nitrogens with zero attached hydrogens (tertiary/aromatic N) is 3. The van der Waals surface area contributed by atoms with Gasteiger partial charge in [0.2, 0.25) is 0 Å². The molecular weight excluding hydrogens is 254 g/mol. The smallest absolute Gasteiger partial charge is 0.180 e. The molecule has 1 saturated heterocycles. The maximum atomic E-state index is 5.39. The van der Waals surface area contributed by atoms with Gasteiger partial charge in [0.25, 0.3) is 0 Å². The lowest BCUT2D eigenvalue weighted by molar-refractivity contribution is 0.0699. The lowest BCUT2D eigenvalue weighted by atomic mass is 10.0. The van der Waals surface area contributed by atoms with Crippen molar-refractivity contribution in [3.05, 3.63) is 18.6 Å². The average molecular weight is 275 g/mol. The van der Waals surface area contributed by atoms with Gasteiger partial charge in [-0.15, -0.1) is 0 Å². The lowest BCUT2D eigenvalue weighted by Crippen LogP contribution is -2.23. The third-order valence-corrected chi connectivity index (χ3v) is 3.63. The van der Waals surface area contributed by atoms with Crippen LogP contribution in [-0.2, 0) is 4.74 Å². The molecular formula is C14H21N5O. The van der Waals surface area contributed by atoms with Gasteiger partial charge in [0.05, 0.1) is 6.20 Å². The highest BCUT2D eigenvalue weighted by atomic mass is 16.5. The van der Waals surface area contributed by atoms with Crippen molar-refractivity contribution in [1.82, 2.24) is 14.4 Å². The van der Waals surface area contributed by atoms with Gasteiger partial charge in [-0.25, -0.2) is 9.97 Å². The zero-order valence-electron chi connectivity index (χ0n) is 11.8. The Labute approximate surface area is 118 Å². The second-order valence-electron chi connectivity index (χ2n) is 5.10. The van der Waals surface area contributed by atoms with Crippen LogP contribution in [0.25, 0.3) is 5.65 Å². The van der Waals surface area contributed by atoms with E-state index in [1.54, 1.807) is 6.20 Å². The predicted molar refractivity (Wildman–Crippen MR) is 79.2 cm³/mol. The van der Waals surface area contributed by atoms with E-state index in [1.165, 1.54) is 0 Å². The number of ether oxygens (including phenoxy) is 1.